The van der Waals surface area contributed by atoms with Crippen molar-refractivity contribution in [3.63, 3.8) is 0 Å². The summed E-state index contributed by atoms with van der Waals surface area (Å²) >= 11 is 0. The Labute approximate surface area is 127 Å². The normalized spacial score (nSPS) is 14.1. The molecule has 1 rings (SSSR count). The van der Waals surface area contributed by atoms with Crippen molar-refractivity contribution in [3.05, 3.63) is 0 Å². The van der Waals surface area contributed by atoms with Gasteiger partial charge in [-0.25, -0.2) is 4.79 Å². The number of hydrogen-bond acceptors (Lipinski definition) is 6. The van der Waals surface area contributed by atoms with Crippen LogP contribution in [0.3, 0.4) is 0 Å². The van der Waals surface area contributed by atoms with E-state index in [4.69, 9.17) is 24.9 Å². The molecule has 114 valence electrons. The average Bonchev–Trinajstić information content (AvgIpc) is 2.49. The molecular formula is C9H17NO9Zn. The van der Waals surface area contributed by atoms with Crippen LogP contribution in [0.2, 0.25) is 0 Å². The third-order valence-electron chi connectivity index (χ3n) is 1.29. The van der Waals surface area contributed by atoms with Gasteiger partial charge in [-0.05, 0) is 20.3 Å². The summed E-state index contributed by atoms with van der Waals surface area (Å²) < 4.78 is 0. The van der Waals surface area contributed by atoms with E-state index in [0.717, 1.165) is 13.8 Å². The molecule has 1 saturated heterocycles. The summed E-state index contributed by atoms with van der Waals surface area (Å²) in [4.78, 5) is 38.3. The van der Waals surface area contributed by atoms with E-state index < -0.39 is 23.9 Å². The Balaban J connectivity index is -0.0000000597. The Morgan fingerprint density at radius 3 is 1.55 bits per heavy atom. The van der Waals surface area contributed by atoms with Crippen LogP contribution >= 0.6 is 0 Å². The zero-order valence-corrected chi connectivity index (χ0v) is 14.1. The standard InChI is InChI=1S/C5H7NO3.2C2H4O2.2H2O.Zn/c7-4-2-1-3(6-4)5(8)9;2*1-2(3)4;;;/h3H,1-2H2,(H,6,7)(H,8,9);2*1H3,(H,3,4);2*1H2;/q;;;;;+2/p-2/t3-;;;;;/m0...../s1. The summed E-state index contributed by atoms with van der Waals surface area (Å²) in [5.74, 6) is -3.27. The molecule has 0 radical (unpaired) electrons. The summed E-state index contributed by atoms with van der Waals surface area (Å²) in [6, 6.07) is -0.641. The van der Waals surface area contributed by atoms with Crippen LogP contribution in [0.5, 0.6) is 0 Å². The Kier molecular flexibility index (Phi) is 27.0. The number of carboxylic acids is 3. The average molecular weight is 349 g/mol. The first kappa shape index (κ1) is 31.0. The number of aliphatic carboxylic acids is 3. The van der Waals surface area contributed by atoms with Crippen LogP contribution < -0.4 is 15.5 Å². The molecule has 0 saturated carbocycles. The molecule has 20 heavy (non-hydrogen) atoms. The van der Waals surface area contributed by atoms with E-state index in [1.165, 1.54) is 0 Å². The van der Waals surface area contributed by atoms with Crippen molar-refractivity contribution in [2.75, 3.05) is 0 Å². The van der Waals surface area contributed by atoms with Gasteiger partial charge in [0.25, 0.3) is 0 Å². The quantitative estimate of drug-likeness (QED) is 0.441. The molecule has 0 aromatic rings. The fraction of sp³-hybridized carbons (Fsp3) is 0.556. The van der Waals surface area contributed by atoms with Crippen LogP contribution in [0, 0.1) is 0 Å². The number of rotatable bonds is 1. The van der Waals surface area contributed by atoms with E-state index in [9.17, 15) is 9.59 Å². The SMILES string of the molecule is CC(=O)[O-].CC(=O)[O-].O.O.O=C1CC[C@@H](C(=O)O)N1.[Zn+2]. The minimum atomic E-state index is -1.08. The fourth-order valence-corrected chi connectivity index (χ4v) is 0.799. The van der Waals surface area contributed by atoms with Crippen LogP contribution in [-0.4, -0.2) is 45.9 Å². The van der Waals surface area contributed by atoms with Crippen LogP contribution in [-0.2, 0) is 38.7 Å². The third-order valence-corrected chi connectivity index (χ3v) is 1.29. The Bertz CT molecular complexity index is 288. The van der Waals surface area contributed by atoms with Gasteiger partial charge in [-0.1, -0.05) is 0 Å². The topological polar surface area (TPSA) is 210 Å². The predicted molar refractivity (Wildman–Crippen MR) is 57.4 cm³/mol. The molecule has 0 unspecified atom stereocenters. The molecule has 0 aromatic heterocycles. The van der Waals surface area contributed by atoms with Gasteiger partial charge >= 0.3 is 25.4 Å². The van der Waals surface area contributed by atoms with Crippen molar-refractivity contribution in [1.29, 1.82) is 0 Å². The predicted octanol–water partition coefficient (Wildman–Crippen LogP) is -4.79. The van der Waals surface area contributed by atoms with Crippen LogP contribution in [0.25, 0.3) is 0 Å². The largest absolute Gasteiger partial charge is 2.00 e. The maximum atomic E-state index is 10.4. The van der Waals surface area contributed by atoms with Gasteiger partial charge in [0, 0.05) is 18.4 Å². The Morgan fingerprint density at radius 1 is 1.15 bits per heavy atom. The van der Waals surface area contributed by atoms with Gasteiger partial charge in [-0.3, -0.25) is 4.79 Å². The molecule has 6 N–H and O–H groups in total. The molecule has 0 aromatic carbocycles. The van der Waals surface area contributed by atoms with Gasteiger partial charge in [-0.2, -0.15) is 0 Å². The number of nitrogens with one attached hydrogen (secondary N) is 1. The molecule has 0 spiro atoms. The molecule has 0 bridgehead atoms. The van der Waals surface area contributed by atoms with Gasteiger partial charge in [0.05, 0.1) is 0 Å². The number of amides is 1. The monoisotopic (exact) mass is 347 g/mol. The second-order valence-electron chi connectivity index (χ2n) is 2.98. The summed E-state index contributed by atoms with van der Waals surface area (Å²) in [6.45, 7) is 1.94. The van der Waals surface area contributed by atoms with E-state index in [-0.39, 0.29) is 36.3 Å². The van der Waals surface area contributed by atoms with Crippen molar-refractivity contribution < 1.29 is 64.9 Å². The van der Waals surface area contributed by atoms with Crippen molar-refractivity contribution in [3.8, 4) is 0 Å². The molecule has 1 amide bonds. The first-order chi connectivity index (χ1) is 7.66. The summed E-state index contributed by atoms with van der Waals surface area (Å²) in [5.41, 5.74) is 0. The zero-order valence-electron chi connectivity index (χ0n) is 11.1. The van der Waals surface area contributed by atoms with Gasteiger partial charge in [0.15, 0.2) is 0 Å². The Morgan fingerprint density at radius 2 is 1.45 bits per heavy atom. The molecule has 1 aliphatic rings. The van der Waals surface area contributed by atoms with Gasteiger partial charge in [0.1, 0.15) is 6.04 Å². The second kappa shape index (κ2) is 17.4. The van der Waals surface area contributed by atoms with E-state index >= 15 is 0 Å². The molecule has 1 aliphatic heterocycles. The minimum absolute atomic E-state index is 0. The van der Waals surface area contributed by atoms with Crippen molar-refractivity contribution in [2.45, 2.75) is 32.7 Å². The molecular weight excluding hydrogens is 331 g/mol. The first-order valence-corrected chi connectivity index (χ1v) is 4.54. The fourth-order valence-electron chi connectivity index (χ4n) is 0.799. The minimum Gasteiger partial charge on any atom is -0.550 e. The second-order valence-corrected chi connectivity index (χ2v) is 2.98. The molecule has 10 nitrogen and oxygen atoms in total. The van der Waals surface area contributed by atoms with Crippen LogP contribution in [0.15, 0.2) is 0 Å². The first-order valence-electron chi connectivity index (χ1n) is 4.54. The Hall–Kier alpha value is -1.58. The molecule has 1 atom stereocenters. The van der Waals surface area contributed by atoms with Gasteiger partial charge in [-0.15, -0.1) is 0 Å². The summed E-state index contributed by atoms with van der Waals surface area (Å²) in [6.07, 6.45) is 0.769. The maximum absolute atomic E-state index is 10.4. The zero-order chi connectivity index (χ0) is 14.0. The molecule has 1 fully saturated rings. The molecule has 1 heterocycles. The number of carboxylic acid groups (broad SMARTS) is 3. The van der Waals surface area contributed by atoms with Gasteiger partial charge in [0.2, 0.25) is 5.91 Å². The van der Waals surface area contributed by atoms with E-state index in [1.54, 1.807) is 0 Å². The number of hydrogen-bond donors (Lipinski definition) is 2. The maximum Gasteiger partial charge on any atom is 2.00 e. The molecule has 0 aliphatic carbocycles. The van der Waals surface area contributed by atoms with Crippen LogP contribution in [0.1, 0.15) is 26.7 Å². The number of carbonyl (C=O) groups excluding carboxylic acids is 3. The van der Waals surface area contributed by atoms with Crippen molar-refractivity contribution in [1.82, 2.24) is 5.32 Å². The van der Waals surface area contributed by atoms with E-state index in [1.807, 2.05) is 0 Å². The summed E-state index contributed by atoms with van der Waals surface area (Å²) in [5, 5.41) is 28.4. The smallest absolute Gasteiger partial charge is 0.550 e. The molecule has 11 heteroatoms. The summed E-state index contributed by atoms with van der Waals surface area (Å²) in [7, 11) is 0. The van der Waals surface area contributed by atoms with E-state index in [2.05, 4.69) is 5.32 Å². The van der Waals surface area contributed by atoms with Crippen LogP contribution in [0.4, 0.5) is 0 Å². The number of carbonyl (C=O) groups is 4. The van der Waals surface area contributed by atoms with Crippen molar-refractivity contribution in [2.24, 2.45) is 0 Å². The van der Waals surface area contributed by atoms with Gasteiger partial charge < -0.3 is 41.2 Å². The third kappa shape index (κ3) is 29.9. The van der Waals surface area contributed by atoms with E-state index in [0.29, 0.717) is 12.8 Å². The van der Waals surface area contributed by atoms with Crippen molar-refractivity contribution >= 4 is 23.8 Å².